The van der Waals surface area contributed by atoms with Crippen molar-refractivity contribution in [1.29, 1.82) is 0 Å². The first-order valence-electron chi connectivity index (χ1n) is 9.56. The molecule has 0 saturated carbocycles. The summed E-state index contributed by atoms with van der Waals surface area (Å²) < 4.78 is 58.3. The number of alkyl halides is 3. The molecule has 0 aliphatic carbocycles. The van der Waals surface area contributed by atoms with Crippen LogP contribution in [-0.4, -0.2) is 37.6 Å². The summed E-state index contributed by atoms with van der Waals surface area (Å²) in [6.45, 7) is 3.19. The standard InChI is InChI=1S/C21H19F4N3O3/c1-20(16-10-31-6-5-26-16)17-14(19(30)28-20)3-2-4-15(17)27-18(29)11-7-12(21(23,24)25)9-13(22)8-11/h2-4,7-9,16,26H,5-6,10H2,1H3,(H,27,29)(H,28,30)/t16-,20+/m0/s1. The molecule has 0 bridgehead atoms. The average molecular weight is 437 g/mol. The van der Waals surface area contributed by atoms with Crippen LogP contribution in [0.3, 0.4) is 0 Å². The molecule has 2 amide bonds. The van der Waals surface area contributed by atoms with E-state index in [-0.39, 0.29) is 17.6 Å². The molecule has 6 nitrogen and oxygen atoms in total. The van der Waals surface area contributed by atoms with E-state index in [0.29, 0.717) is 43.0 Å². The second-order valence-corrected chi connectivity index (χ2v) is 7.65. The van der Waals surface area contributed by atoms with Gasteiger partial charge in [-0.2, -0.15) is 13.2 Å². The topological polar surface area (TPSA) is 79.5 Å². The predicted octanol–water partition coefficient (Wildman–Crippen LogP) is 3.04. The molecule has 0 radical (unpaired) electrons. The van der Waals surface area contributed by atoms with Crippen LogP contribution in [0.25, 0.3) is 0 Å². The third-order valence-corrected chi connectivity index (χ3v) is 5.56. The van der Waals surface area contributed by atoms with E-state index in [2.05, 4.69) is 16.0 Å². The molecule has 1 saturated heterocycles. The first-order chi connectivity index (χ1) is 14.6. The van der Waals surface area contributed by atoms with Crippen LogP contribution >= 0.6 is 0 Å². The van der Waals surface area contributed by atoms with Crippen LogP contribution in [0.5, 0.6) is 0 Å². The van der Waals surface area contributed by atoms with Crippen molar-refractivity contribution in [2.45, 2.75) is 24.7 Å². The summed E-state index contributed by atoms with van der Waals surface area (Å²) in [6.07, 6.45) is -4.80. The third-order valence-electron chi connectivity index (χ3n) is 5.56. The van der Waals surface area contributed by atoms with Crippen LogP contribution in [0.2, 0.25) is 0 Å². The minimum atomic E-state index is -4.80. The third kappa shape index (κ3) is 3.88. The van der Waals surface area contributed by atoms with Gasteiger partial charge in [-0.05, 0) is 37.3 Å². The average Bonchev–Trinajstić information content (AvgIpc) is 3.00. The maximum atomic E-state index is 13.7. The van der Waals surface area contributed by atoms with Gasteiger partial charge in [-0.25, -0.2) is 4.39 Å². The van der Waals surface area contributed by atoms with E-state index >= 15 is 0 Å². The first kappa shape index (κ1) is 21.3. The van der Waals surface area contributed by atoms with Gasteiger partial charge in [0.05, 0.1) is 30.4 Å². The number of benzene rings is 2. The van der Waals surface area contributed by atoms with Crippen molar-refractivity contribution < 1.29 is 31.9 Å². The molecule has 10 heteroatoms. The molecule has 2 aliphatic rings. The Hall–Kier alpha value is -2.98. The summed E-state index contributed by atoms with van der Waals surface area (Å²) in [7, 11) is 0. The number of hydrogen-bond acceptors (Lipinski definition) is 4. The fourth-order valence-corrected chi connectivity index (χ4v) is 4.05. The number of hydrogen-bond donors (Lipinski definition) is 3. The van der Waals surface area contributed by atoms with Crippen molar-refractivity contribution in [2.24, 2.45) is 0 Å². The number of morpholine rings is 1. The Morgan fingerprint density at radius 3 is 2.71 bits per heavy atom. The lowest BCUT2D eigenvalue weighted by molar-refractivity contribution is -0.137. The van der Waals surface area contributed by atoms with Crippen molar-refractivity contribution in [1.82, 2.24) is 10.6 Å². The van der Waals surface area contributed by atoms with Crippen LogP contribution in [0.1, 0.15) is 38.8 Å². The van der Waals surface area contributed by atoms with Gasteiger partial charge >= 0.3 is 6.18 Å². The largest absolute Gasteiger partial charge is 0.416 e. The molecular formula is C21H19F4N3O3. The Kier molecular flexibility index (Phi) is 5.22. The van der Waals surface area contributed by atoms with E-state index in [9.17, 15) is 27.2 Å². The van der Waals surface area contributed by atoms with Gasteiger partial charge in [0, 0.05) is 28.9 Å². The number of nitrogens with one attached hydrogen (secondary N) is 3. The van der Waals surface area contributed by atoms with Crippen molar-refractivity contribution >= 4 is 17.5 Å². The second kappa shape index (κ2) is 7.61. The van der Waals surface area contributed by atoms with Crippen LogP contribution in [0.4, 0.5) is 23.2 Å². The Bertz CT molecular complexity index is 1050. The highest BCUT2D eigenvalue weighted by atomic mass is 19.4. The number of anilines is 1. The molecular weight excluding hydrogens is 418 g/mol. The van der Waals surface area contributed by atoms with Crippen molar-refractivity contribution in [3.63, 3.8) is 0 Å². The van der Waals surface area contributed by atoms with E-state index in [1.807, 2.05) is 0 Å². The molecule has 31 heavy (non-hydrogen) atoms. The fraction of sp³-hybridized carbons (Fsp3) is 0.333. The zero-order chi connectivity index (χ0) is 22.4. The van der Waals surface area contributed by atoms with Gasteiger partial charge in [-0.1, -0.05) is 6.07 Å². The van der Waals surface area contributed by atoms with Crippen molar-refractivity contribution in [2.75, 3.05) is 25.1 Å². The molecule has 4 rings (SSSR count). The summed E-state index contributed by atoms with van der Waals surface area (Å²) in [5.41, 5.74) is -1.61. The van der Waals surface area contributed by atoms with Crippen LogP contribution < -0.4 is 16.0 Å². The molecule has 2 heterocycles. The predicted molar refractivity (Wildman–Crippen MR) is 103 cm³/mol. The molecule has 164 valence electrons. The smallest absolute Gasteiger partial charge is 0.378 e. The molecule has 2 aromatic rings. The monoisotopic (exact) mass is 437 g/mol. The number of halogens is 4. The Morgan fingerprint density at radius 1 is 1.26 bits per heavy atom. The number of rotatable bonds is 3. The van der Waals surface area contributed by atoms with Gasteiger partial charge < -0.3 is 20.7 Å². The molecule has 1 fully saturated rings. The Labute approximate surface area is 175 Å². The summed E-state index contributed by atoms with van der Waals surface area (Å²) in [6, 6.07) is 6.04. The number of carbonyl (C=O) groups excluding carboxylic acids is 2. The van der Waals surface area contributed by atoms with Gasteiger partial charge in [0.15, 0.2) is 0 Å². The lowest BCUT2D eigenvalue weighted by Crippen LogP contribution is -2.58. The van der Waals surface area contributed by atoms with E-state index in [0.717, 1.165) is 6.07 Å². The van der Waals surface area contributed by atoms with Gasteiger partial charge in [-0.3, -0.25) is 9.59 Å². The van der Waals surface area contributed by atoms with E-state index in [4.69, 9.17) is 4.74 Å². The van der Waals surface area contributed by atoms with Gasteiger partial charge in [0.2, 0.25) is 0 Å². The molecule has 0 spiro atoms. The second-order valence-electron chi connectivity index (χ2n) is 7.65. The lowest BCUT2D eigenvalue weighted by atomic mass is 9.83. The van der Waals surface area contributed by atoms with E-state index in [1.165, 1.54) is 0 Å². The number of fused-ring (bicyclic) bond motifs is 1. The van der Waals surface area contributed by atoms with Gasteiger partial charge in [-0.15, -0.1) is 0 Å². The normalized spacial score (nSPS) is 23.3. The first-order valence-corrected chi connectivity index (χ1v) is 9.56. The maximum absolute atomic E-state index is 13.7. The minimum Gasteiger partial charge on any atom is -0.378 e. The minimum absolute atomic E-state index is 0.244. The summed E-state index contributed by atoms with van der Waals surface area (Å²) in [4.78, 5) is 25.3. The highest BCUT2D eigenvalue weighted by Gasteiger charge is 2.47. The molecule has 2 aromatic carbocycles. The highest BCUT2D eigenvalue weighted by Crippen LogP contribution is 2.40. The Balaban J connectivity index is 1.71. The number of carbonyl (C=O) groups is 2. The zero-order valence-corrected chi connectivity index (χ0v) is 16.4. The van der Waals surface area contributed by atoms with E-state index in [1.54, 1.807) is 25.1 Å². The van der Waals surface area contributed by atoms with Crippen molar-refractivity contribution in [3.05, 3.63) is 64.5 Å². The maximum Gasteiger partial charge on any atom is 0.416 e. The fourth-order valence-electron chi connectivity index (χ4n) is 4.05. The lowest BCUT2D eigenvalue weighted by Gasteiger charge is -2.38. The highest BCUT2D eigenvalue weighted by molar-refractivity contribution is 6.08. The Morgan fingerprint density at radius 2 is 2.03 bits per heavy atom. The SMILES string of the molecule is C[C@]1([C@@H]2COCCN2)NC(=O)c2cccc(NC(=O)c3cc(F)cc(C(F)(F)F)c3)c21. The molecule has 3 N–H and O–H groups in total. The van der Waals surface area contributed by atoms with Crippen LogP contribution in [-0.2, 0) is 16.5 Å². The number of amides is 2. The number of ether oxygens (including phenoxy) is 1. The van der Waals surface area contributed by atoms with Crippen LogP contribution in [0, 0.1) is 5.82 Å². The molecule has 0 aromatic heterocycles. The molecule has 0 unspecified atom stereocenters. The van der Waals surface area contributed by atoms with Crippen molar-refractivity contribution in [3.8, 4) is 0 Å². The van der Waals surface area contributed by atoms with Gasteiger partial charge in [0.1, 0.15) is 5.82 Å². The molecule has 2 atom stereocenters. The van der Waals surface area contributed by atoms with Crippen LogP contribution in [0.15, 0.2) is 36.4 Å². The van der Waals surface area contributed by atoms with Gasteiger partial charge in [0.25, 0.3) is 11.8 Å². The summed E-state index contributed by atoms with van der Waals surface area (Å²) >= 11 is 0. The van der Waals surface area contributed by atoms with E-state index < -0.39 is 34.6 Å². The quantitative estimate of drug-likeness (QED) is 0.645. The summed E-state index contributed by atoms with van der Waals surface area (Å²) in [5, 5.41) is 8.74. The summed E-state index contributed by atoms with van der Waals surface area (Å²) in [5.74, 6) is -2.44. The zero-order valence-electron chi connectivity index (χ0n) is 16.4. The molecule has 2 aliphatic heterocycles.